The summed E-state index contributed by atoms with van der Waals surface area (Å²) in [6, 6.07) is 0. The molecular formula is C12H19F5O2S. The molecule has 0 aromatic carbocycles. The number of carbonyl (C=O) groups is 1. The van der Waals surface area contributed by atoms with Gasteiger partial charge >= 0.3 is 18.1 Å². The highest BCUT2D eigenvalue weighted by atomic mass is 32.2. The molecule has 0 amide bonds. The van der Waals surface area contributed by atoms with Crippen LogP contribution in [0.5, 0.6) is 0 Å². The molecule has 0 aliphatic heterocycles. The van der Waals surface area contributed by atoms with Gasteiger partial charge in [0.15, 0.2) is 0 Å². The van der Waals surface area contributed by atoms with Crippen molar-refractivity contribution in [2.24, 2.45) is 0 Å². The van der Waals surface area contributed by atoms with Gasteiger partial charge in [0.2, 0.25) is 0 Å². The minimum absolute atomic E-state index is 0.164. The van der Waals surface area contributed by atoms with Crippen LogP contribution in [0.3, 0.4) is 0 Å². The maximum atomic E-state index is 12.5. The average Bonchev–Trinajstić information content (AvgIpc) is 2.25. The number of thioether (sulfide) groups is 1. The Morgan fingerprint density at radius 2 is 1.70 bits per heavy atom. The van der Waals surface area contributed by atoms with Crippen molar-refractivity contribution in [2.75, 3.05) is 11.5 Å². The standard InChI is InChI=1S/C12H19F5O2S/c1-9(2)19-10(18)8-20-7-5-3-4-6-11(13,14)12(15,16)17/h9H,3-8H2,1-2H3. The van der Waals surface area contributed by atoms with E-state index in [0.29, 0.717) is 12.2 Å². The van der Waals surface area contributed by atoms with Crippen LogP contribution in [0.15, 0.2) is 0 Å². The number of esters is 1. The summed E-state index contributed by atoms with van der Waals surface area (Å²) in [6.07, 6.45) is -6.26. The lowest BCUT2D eigenvalue weighted by Crippen LogP contribution is -2.36. The molecule has 0 radical (unpaired) electrons. The van der Waals surface area contributed by atoms with Crippen molar-refractivity contribution in [2.45, 2.75) is 57.7 Å². The Morgan fingerprint density at radius 3 is 2.20 bits per heavy atom. The van der Waals surface area contributed by atoms with Crippen molar-refractivity contribution in [1.82, 2.24) is 0 Å². The fourth-order valence-electron chi connectivity index (χ4n) is 1.32. The molecule has 0 aromatic rings. The van der Waals surface area contributed by atoms with E-state index < -0.39 is 18.5 Å². The first-order valence-corrected chi connectivity index (χ1v) is 7.43. The van der Waals surface area contributed by atoms with E-state index in [1.807, 2.05) is 0 Å². The van der Waals surface area contributed by atoms with Crippen LogP contribution in [0, 0.1) is 0 Å². The molecule has 0 saturated carbocycles. The summed E-state index contributed by atoms with van der Waals surface area (Å²) >= 11 is 1.28. The minimum atomic E-state index is -5.47. The van der Waals surface area contributed by atoms with Crippen LogP contribution in [-0.4, -0.2) is 35.7 Å². The van der Waals surface area contributed by atoms with Gasteiger partial charge in [0.1, 0.15) is 0 Å². The summed E-state index contributed by atoms with van der Waals surface area (Å²) in [6.45, 7) is 3.45. The predicted octanol–water partition coefficient (Wildman–Crippen LogP) is 4.43. The molecule has 120 valence electrons. The Hall–Kier alpha value is -0.530. The number of carbonyl (C=O) groups excluding carboxylic acids is 1. The zero-order valence-electron chi connectivity index (χ0n) is 11.4. The van der Waals surface area contributed by atoms with Crippen molar-refractivity contribution >= 4 is 17.7 Å². The summed E-state index contributed by atoms with van der Waals surface area (Å²) in [5, 5.41) is 0. The molecule has 0 aromatic heterocycles. The quantitative estimate of drug-likeness (QED) is 0.357. The second kappa shape index (κ2) is 8.69. The van der Waals surface area contributed by atoms with Gasteiger partial charge in [-0.15, -0.1) is 0 Å². The molecule has 0 aliphatic carbocycles. The van der Waals surface area contributed by atoms with E-state index >= 15 is 0 Å². The maximum absolute atomic E-state index is 12.5. The third-order valence-electron chi connectivity index (χ3n) is 2.28. The fourth-order valence-corrected chi connectivity index (χ4v) is 2.11. The molecule has 0 unspecified atom stereocenters. The molecule has 0 bridgehead atoms. The van der Waals surface area contributed by atoms with Gasteiger partial charge in [0.25, 0.3) is 0 Å². The highest BCUT2D eigenvalue weighted by Crippen LogP contribution is 2.39. The number of rotatable bonds is 9. The van der Waals surface area contributed by atoms with E-state index in [1.54, 1.807) is 13.8 Å². The summed E-state index contributed by atoms with van der Waals surface area (Å²) in [5.74, 6) is -4.27. The molecule has 0 atom stereocenters. The zero-order valence-corrected chi connectivity index (χ0v) is 12.3. The van der Waals surface area contributed by atoms with Gasteiger partial charge in [-0.2, -0.15) is 33.7 Å². The zero-order chi connectivity index (χ0) is 15.8. The molecule has 0 aliphatic rings. The van der Waals surface area contributed by atoms with Gasteiger partial charge in [-0.25, -0.2) is 0 Å². The first kappa shape index (κ1) is 19.5. The first-order chi connectivity index (χ1) is 9.06. The van der Waals surface area contributed by atoms with Crippen LogP contribution in [0.1, 0.15) is 39.5 Å². The first-order valence-electron chi connectivity index (χ1n) is 6.28. The lowest BCUT2D eigenvalue weighted by Gasteiger charge is -2.19. The Morgan fingerprint density at radius 1 is 1.10 bits per heavy atom. The summed E-state index contributed by atoms with van der Waals surface area (Å²) < 4.78 is 65.5. The number of halogens is 5. The van der Waals surface area contributed by atoms with E-state index in [1.165, 1.54) is 11.8 Å². The third-order valence-corrected chi connectivity index (χ3v) is 3.30. The van der Waals surface area contributed by atoms with Crippen molar-refractivity contribution in [3.63, 3.8) is 0 Å². The maximum Gasteiger partial charge on any atom is 0.453 e. The Balaban J connectivity index is 3.57. The summed E-state index contributed by atoms with van der Waals surface area (Å²) in [5.41, 5.74) is 0. The normalized spacial score (nSPS) is 12.8. The molecule has 0 spiro atoms. The van der Waals surface area contributed by atoms with E-state index in [0.717, 1.165) is 0 Å². The fraction of sp³-hybridized carbons (Fsp3) is 0.917. The smallest absolute Gasteiger partial charge is 0.453 e. The molecule has 0 fully saturated rings. The molecule has 20 heavy (non-hydrogen) atoms. The van der Waals surface area contributed by atoms with Gasteiger partial charge in [-0.3, -0.25) is 4.79 Å². The van der Waals surface area contributed by atoms with E-state index in [4.69, 9.17) is 4.74 Å². The summed E-state index contributed by atoms with van der Waals surface area (Å²) in [4.78, 5) is 11.1. The van der Waals surface area contributed by atoms with Crippen LogP contribution >= 0.6 is 11.8 Å². The van der Waals surface area contributed by atoms with Crippen molar-refractivity contribution in [3.05, 3.63) is 0 Å². The average molecular weight is 322 g/mol. The lowest BCUT2D eigenvalue weighted by molar-refractivity contribution is -0.284. The number of hydrogen-bond acceptors (Lipinski definition) is 3. The van der Waals surface area contributed by atoms with Crippen LogP contribution in [0.4, 0.5) is 22.0 Å². The molecule has 0 N–H and O–H groups in total. The number of hydrogen-bond donors (Lipinski definition) is 0. The monoisotopic (exact) mass is 322 g/mol. The topological polar surface area (TPSA) is 26.3 Å². The number of ether oxygens (including phenoxy) is 1. The molecule has 0 saturated heterocycles. The Labute approximate surface area is 119 Å². The second-order valence-corrected chi connectivity index (χ2v) is 5.71. The third kappa shape index (κ3) is 8.60. The van der Waals surface area contributed by atoms with Crippen LogP contribution in [0.2, 0.25) is 0 Å². The number of alkyl halides is 5. The molecule has 0 heterocycles. The van der Waals surface area contributed by atoms with E-state index in [-0.39, 0.29) is 30.7 Å². The SMILES string of the molecule is CC(C)OC(=O)CSCCCCCC(F)(F)C(F)(F)F. The van der Waals surface area contributed by atoms with Crippen molar-refractivity contribution in [1.29, 1.82) is 0 Å². The lowest BCUT2D eigenvalue weighted by atomic mass is 10.1. The highest BCUT2D eigenvalue weighted by Gasteiger charge is 2.56. The van der Waals surface area contributed by atoms with Crippen LogP contribution in [-0.2, 0) is 9.53 Å². The van der Waals surface area contributed by atoms with E-state index in [2.05, 4.69) is 0 Å². The molecule has 2 nitrogen and oxygen atoms in total. The van der Waals surface area contributed by atoms with Gasteiger partial charge < -0.3 is 4.74 Å². The Bertz CT molecular complexity index is 292. The van der Waals surface area contributed by atoms with Crippen LogP contribution in [0.25, 0.3) is 0 Å². The van der Waals surface area contributed by atoms with Gasteiger partial charge in [-0.1, -0.05) is 6.42 Å². The van der Waals surface area contributed by atoms with Gasteiger partial charge in [0.05, 0.1) is 11.9 Å². The predicted molar refractivity (Wildman–Crippen MR) is 68.0 cm³/mol. The second-order valence-electron chi connectivity index (χ2n) is 4.60. The molecular weight excluding hydrogens is 303 g/mol. The minimum Gasteiger partial charge on any atom is -0.462 e. The van der Waals surface area contributed by atoms with Crippen LogP contribution < -0.4 is 0 Å². The van der Waals surface area contributed by atoms with E-state index in [9.17, 15) is 26.7 Å². The van der Waals surface area contributed by atoms with Gasteiger partial charge in [0, 0.05) is 6.42 Å². The molecule has 8 heteroatoms. The number of unbranched alkanes of at least 4 members (excludes halogenated alkanes) is 2. The highest BCUT2D eigenvalue weighted by molar-refractivity contribution is 7.99. The summed E-state index contributed by atoms with van der Waals surface area (Å²) in [7, 11) is 0. The van der Waals surface area contributed by atoms with Crippen molar-refractivity contribution in [3.8, 4) is 0 Å². The largest absolute Gasteiger partial charge is 0.462 e. The van der Waals surface area contributed by atoms with Crippen molar-refractivity contribution < 1.29 is 31.5 Å². The molecule has 0 rings (SSSR count). The van der Waals surface area contributed by atoms with Gasteiger partial charge in [-0.05, 0) is 32.4 Å². The Kier molecular flexibility index (Phi) is 8.46.